The van der Waals surface area contributed by atoms with Crippen LogP contribution in [-0.4, -0.2) is 38.5 Å². The lowest BCUT2D eigenvalue weighted by atomic mass is 9.98. The first-order valence-corrected chi connectivity index (χ1v) is 7.36. The van der Waals surface area contributed by atoms with E-state index in [2.05, 4.69) is 10.6 Å². The van der Waals surface area contributed by atoms with Gasteiger partial charge in [0.1, 0.15) is 0 Å². The molecule has 9 heteroatoms. The number of halogens is 1. The molecule has 1 heterocycles. The van der Waals surface area contributed by atoms with Crippen molar-refractivity contribution in [1.82, 2.24) is 10.3 Å². The Bertz CT molecular complexity index is 773. The van der Waals surface area contributed by atoms with Crippen LogP contribution in [-0.2, 0) is 0 Å². The number of nitrogens with one attached hydrogen (secondary N) is 1. The second-order valence-corrected chi connectivity index (χ2v) is 5.68. The topological polar surface area (TPSA) is 126 Å². The average molecular weight is 368 g/mol. The van der Waals surface area contributed by atoms with E-state index in [4.69, 9.17) is 0 Å². The van der Waals surface area contributed by atoms with Gasteiger partial charge in [-0.2, -0.15) is 0 Å². The first-order valence-electron chi connectivity index (χ1n) is 7.36. The van der Waals surface area contributed by atoms with E-state index in [9.17, 15) is 25.3 Å². The lowest BCUT2D eigenvalue weighted by Crippen LogP contribution is -2.45. The average Bonchev–Trinajstić information content (AvgIpc) is 2.59. The van der Waals surface area contributed by atoms with E-state index in [1.165, 1.54) is 29.3 Å². The van der Waals surface area contributed by atoms with E-state index >= 15 is 0 Å². The molecule has 0 bridgehead atoms. The molecule has 1 saturated heterocycles. The summed E-state index contributed by atoms with van der Waals surface area (Å²) in [5.74, 6) is -0.933. The second-order valence-electron chi connectivity index (χ2n) is 5.68. The summed E-state index contributed by atoms with van der Waals surface area (Å²) in [6, 6.07) is 8.20. The first-order chi connectivity index (χ1) is 11.5. The van der Waals surface area contributed by atoms with Crippen LogP contribution < -0.4 is 5.32 Å². The number of benzene rings is 2. The van der Waals surface area contributed by atoms with Crippen molar-refractivity contribution >= 4 is 12.4 Å². The van der Waals surface area contributed by atoms with E-state index in [0.29, 0.717) is 17.7 Å². The van der Waals surface area contributed by atoms with Gasteiger partial charge in [-0.25, -0.2) is 0 Å². The van der Waals surface area contributed by atoms with Crippen molar-refractivity contribution in [2.45, 2.75) is 12.1 Å². The van der Waals surface area contributed by atoms with Gasteiger partial charge in [-0.1, -0.05) is 12.1 Å². The molecular weight excluding hydrogens is 350 g/mol. The van der Waals surface area contributed by atoms with Crippen molar-refractivity contribution < 1.29 is 20.4 Å². The molecule has 0 saturated carbocycles. The Hall–Kier alpha value is -2.71. The van der Waals surface area contributed by atoms with Crippen LogP contribution in [0.5, 0.6) is 23.0 Å². The third kappa shape index (κ3) is 3.70. The molecule has 25 heavy (non-hydrogen) atoms. The van der Waals surface area contributed by atoms with Crippen LogP contribution in [0.4, 0.5) is 0 Å². The number of nitroso groups, excluding NO2 is 1. The number of aromatic hydroxyl groups is 4. The molecule has 2 aromatic carbocycles. The molecule has 0 amide bonds. The summed E-state index contributed by atoms with van der Waals surface area (Å²) in [5, 5.41) is 45.7. The molecule has 5 N–H and O–H groups in total. The van der Waals surface area contributed by atoms with Crippen molar-refractivity contribution in [2.75, 3.05) is 13.1 Å². The largest absolute Gasteiger partial charge is 0.504 e. The quantitative estimate of drug-likeness (QED) is 0.416. The van der Waals surface area contributed by atoms with Crippen LogP contribution in [0.3, 0.4) is 0 Å². The lowest BCUT2D eigenvalue weighted by molar-refractivity contribution is 0.133. The van der Waals surface area contributed by atoms with Crippen LogP contribution in [0.15, 0.2) is 41.7 Å². The molecule has 1 fully saturated rings. The third-order valence-electron chi connectivity index (χ3n) is 4.18. The molecule has 0 aliphatic carbocycles. The SMILES string of the molecule is Cl.O=NN1CC(c2ccc(O)c(O)c2)NCC1c1ccc(O)c(O)c1. The summed E-state index contributed by atoms with van der Waals surface area (Å²) >= 11 is 0. The predicted octanol–water partition coefficient (Wildman–Crippen LogP) is 2.30. The fraction of sp³-hybridized carbons (Fsp3) is 0.250. The molecule has 3 rings (SSSR count). The van der Waals surface area contributed by atoms with Gasteiger partial charge in [-0.05, 0) is 35.4 Å². The van der Waals surface area contributed by atoms with Crippen molar-refractivity contribution in [2.24, 2.45) is 5.29 Å². The predicted molar refractivity (Wildman–Crippen MR) is 92.8 cm³/mol. The van der Waals surface area contributed by atoms with Crippen LogP contribution in [0.1, 0.15) is 23.2 Å². The maximum atomic E-state index is 11.2. The standard InChI is InChI=1S/C16H17N3O5.ClH/c20-13-3-1-9(5-15(13)22)11-8-19(18-24)12(7-17-11)10-2-4-14(21)16(23)6-10;/h1-6,11-12,17,20-23H,7-8H2;1H. The molecule has 2 atom stereocenters. The van der Waals surface area contributed by atoms with Crippen LogP contribution in [0.2, 0.25) is 0 Å². The smallest absolute Gasteiger partial charge is 0.157 e. The van der Waals surface area contributed by atoms with E-state index in [-0.39, 0.29) is 48.0 Å². The van der Waals surface area contributed by atoms with E-state index < -0.39 is 6.04 Å². The number of phenols is 4. The number of rotatable bonds is 3. The molecule has 2 unspecified atom stereocenters. The number of hydrogen-bond donors (Lipinski definition) is 5. The number of hydrogen-bond acceptors (Lipinski definition) is 7. The zero-order valence-corrected chi connectivity index (χ0v) is 13.8. The zero-order valence-electron chi connectivity index (χ0n) is 13.0. The van der Waals surface area contributed by atoms with Crippen molar-refractivity contribution in [3.8, 4) is 23.0 Å². The molecular formula is C16H18ClN3O5. The molecule has 8 nitrogen and oxygen atoms in total. The van der Waals surface area contributed by atoms with Gasteiger partial charge in [0.05, 0.1) is 23.9 Å². The Kier molecular flexibility index (Phi) is 5.55. The summed E-state index contributed by atoms with van der Waals surface area (Å²) in [4.78, 5) is 11.2. The summed E-state index contributed by atoms with van der Waals surface area (Å²) in [7, 11) is 0. The highest BCUT2D eigenvalue weighted by molar-refractivity contribution is 5.85. The highest BCUT2D eigenvalue weighted by Gasteiger charge is 2.30. The van der Waals surface area contributed by atoms with E-state index in [1.54, 1.807) is 12.1 Å². The minimum Gasteiger partial charge on any atom is -0.504 e. The lowest BCUT2D eigenvalue weighted by Gasteiger charge is -2.37. The van der Waals surface area contributed by atoms with Gasteiger partial charge < -0.3 is 25.7 Å². The van der Waals surface area contributed by atoms with E-state index in [1.807, 2.05) is 0 Å². The Balaban J connectivity index is 0.00000225. The van der Waals surface area contributed by atoms with Crippen LogP contribution in [0, 0.1) is 4.91 Å². The van der Waals surface area contributed by atoms with Crippen LogP contribution in [0.25, 0.3) is 0 Å². The fourth-order valence-electron chi connectivity index (χ4n) is 2.85. The molecule has 0 aromatic heterocycles. The summed E-state index contributed by atoms with van der Waals surface area (Å²) in [5.41, 5.74) is 1.36. The van der Waals surface area contributed by atoms with Gasteiger partial charge in [0.2, 0.25) is 0 Å². The van der Waals surface area contributed by atoms with Gasteiger partial charge in [-0.15, -0.1) is 17.3 Å². The number of nitrogens with zero attached hydrogens (tertiary/aromatic N) is 2. The molecule has 2 aromatic rings. The van der Waals surface area contributed by atoms with Crippen molar-refractivity contribution in [1.29, 1.82) is 0 Å². The maximum Gasteiger partial charge on any atom is 0.157 e. The maximum absolute atomic E-state index is 11.2. The molecule has 0 radical (unpaired) electrons. The normalized spacial score (nSPS) is 19.9. The molecule has 1 aliphatic heterocycles. The Morgan fingerprint density at radius 1 is 0.920 bits per heavy atom. The minimum absolute atomic E-state index is 0. The highest BCUT2D eigenvalue weighted by Crippen LogP contribution is 2.35. The molecule has 134 valence electrons. The summed E-state index contributed by atoms with van der Waals surface area (Å²) in [6.07, 6.45) is 0. The zero-order chi connectivity index (χ0) is 17.3. The molecule has 1 aliphatic rings. The highest BCUT2D eigenvalue weighted by atomic mass is 35.5. The fourth-order valence-corrected chi connectivity index (χ4v) is 2.85. The van der Waals surface area contributed by atoms with Gasteiger partial charge in [-0.3, -0.25) is 5.01 Å². The van der Waals surface area contributed by atoms with Gasteiger partial charge >= 0.3 is 0 Å². The van der Waals surface area contributed by atoms with Gasteiger partial charge in [0.15, 0.2) is 23.0 Å². The summed E-state index contributed by atoms with van der Waals surface area (Å²) < 4.78 is 0. The number of piperazine rings is 1. The number of phenolic OH excluding ortho intramolecular Hbond substituents is 4. The Labute approximate surface area is 149 Å². The molecule has 0 spiro atoms. The van der Waals surface area contributed by atoms with Gasteiger partial charge in [0, 0.05) is 6.54 Å². The Morgan fingerprint density at radius 3 is 2.04 bits per heavy atom. The van der Waals surface area contributed by atoms with Crippen molar-refractivity contribution in [3.05, 3.63) is 52.4 Å². The minimum atomic E-state index is -0.393. The van der Waals surface area contributed by atoms with Crippen LogP contribution >= 0.6 is 12.4 Å². The Morgan fingerprint density at radius 2 is 1.48 bits per heavy atom. The first kappa shape index (κ1) is 18.6. The monoisotopic (exact) mass is 367 g/mol. The summed E-state index contributed by atoms with van der Waals surface area (Å²) in [6.45, 7) is 0.627. The third-order valence-corrected chi connectivity index (χ3v) is 4.18. The second kappa shape index (κ2) is 7.45. The van der Waals surface area contributed by atoms with Gasteiger partial charge in [0.25, 0.3) is 0 Å². The van der Waals surface area contributed by atoms with Crippen molar-refractivity contribution in [3.63, 3.8) is 0 Å². The van der Waals surface area contributed by atoms with E-state index in [0.717, 1.165) is 0 Å².